The Bertz CT molecular complexity index is 2570. The molecule has 2 heterocycles. The summed E-state index contributed by atoms with van der Waals surface area (Å²) >= 11 is 0. The number of aryl methyl sites for hydroxylation is 2. The molecule has 1 aromatic heterocycles. The molecule has 26 heteroatoms. The quantitative estimate of drug-likeness (QED) is 0.0389. The van der Waals surface area contributed by atoms with E-state index in [0.717, 1.165) is 16.0 Å². The number of carboxylic acids is 3. The number of amides is 10. The number of para-hydroxylation sites is 1. The molecule has 1 fully saturated rings. The number of likely N-dealkylation sites (tertiary alicyclic amines) is 1. The smallest absolute Gasteiger partial charge is 0.326 e. The van der Waals surface area contributed by atoms with Crippen LogP contribution >= 0.6 is 0 Å². The zero-order valence-electron chi connectivity index (χ0n) is 43.2. The van der Waals surface area contributed by atoms with Gasteiger partial charge in [-0.3, -0.25) is 43.3 Å². The van der Waals surface area contributed by atoms with Crippen LogP contribution in [0.15, 0.2) is 73.1 Å². The zero-order chi connectivity index (χ0) is 57.1. The van der Waals surface area contributed by atoms with Crippen LogP contribution in [0.4, 0.5) is 21.0 Å². The van der Waals surface area contributed by atoms with Gasteiger partial charge in [-0.2, -0.15) is 0 Å². The third-order valence-corrected chi connectivity index (χ3v) is 12.4. The number of carboxylic acid groups (broad SMARTS) is 3. The lowest BCUT2D eigenvalue weighted by Crippen LogP contribution is -2.58. The van der Waals surface area contributed by atoms with E-state index in [2.05, 4.69) is 47.5 Å². The molecule has 3 aromatic rings. The number of unbranched alkanes of at least 4 members (excludes halogenated alkanes) is 2. The van der Waals surface area contributed by atoms with E-state index < -0.39 is 115 Å². The predicted molar refractivity (Wildman–Crippen MR) is 280 cm³/mol. The molecule has 0 bridgehead atoms. The summed E-state index contributed by atoms with van der Waals surface area (Å²) in [7, 11) is 0. The largest absolute Gasteiger partial charge is 0.481 e. The molecule has 4 rings (SSSR count). The first kappa shape index (κ1) is 61.9. The van der Waals surface area contributed by atoms with Crippen molar-refractivity contribution in [2.45, 2.75) is 133 Å². The minimum atomic E-state index is -1.89. The number of urea groups is 2. The van der Waals surface area contributed by atoms with Crippen LogP contribution < -0.4 is 48.3 Å². The van der Waals surface area contributed by atoms with Crippen molar-refractivity contribution in [1.82, 2.24) is 41.8 Å². The number of aromatic nitrogens is 1. The van der Waals surface area contributed by atoms with Crippen molar-refractivity contribution in [3.63, 3.8) is 0 Å². The summed E-state index contributed by atoms with van der Waals surface area (Å²) in [6.45, 7) is 1.70. The van der Waals surface area contributed by atoms with E-state index in [1.807, 2.05) is 25.1 Å². The number of aliphatic carboxylic acids is 3. The second-order valence-corrected chi connectivity index (χ2v) is 18.7. The minimum Gasteiger partial charge on any atom is -0.481 e. The van der Waals surface area contributed by atoms with Crippen molar-refractivity contribution < 1.29 is 73.2 Å². The molecule has 26 nitrogen and oxygen atoms in total. The van der Waals surface area contributed by atoms with Crippen molar-refractivity contribution in [1.29, 1.82) is 0 Å². The van der Waals surface area contributed by atoms with Gasteiger partial charge in [0.15, 0.2) is 0 Å². The van der Waals surface area contributed by atoms with E-state index in [1.165, 1.54) is 0 Å². The first-order chi connectivity index (χ1) is 37.2. The zero-order valence-corrected chi connectivity index (χ0v) is 43.2. The van der Waals surface area contributed by atoms with E-state index in [0.29, 0.717) is 29.8 Å². The standard InChI is InChI=1S/C52H69N11O15/c1-31-10-2-3-12-36(31)62-52(78)57-34-20-17-32(18-21-34)26-43(66)58-37(13-4-6-24-55-42(65)22-19-33-11-9-23-54-29-33)46(71)60-39(15-8-16-44(67)68)49(74)63-30-35(64)27-41(63)48(73)59-38(14-5-7-25-56-51(53)77)47(72)61-40(50(75)76)28-45(69)70/h2-3,9-12,17-18,20-21,23,29,35,37-41,64H,4-8,13-16,19,22,24-28,30H2,1H3,(H,55,65)(H,58,66)(H,59,73)(H,60,71)(H,61,72)(H,67,68)(H,69,70)(H,75,76)(H3,53,56,77)(H2,57,62,78)/t35-,37+,38+,39+,40+,41+/m1/s1. The minimum absolute atomic E-state index is 0.00271. The molecular formula is C52H69N11O15. The summed E-state index contributed by atoms with van der Waals surface area (Å²) in [5, 5.41) is 59.7. The number of carbonyl (C=O) groups excluding carboxylic acids is 8. The Balaban J connectivity index is 1.51. The molecule has 1 aliphatic heterocycles. The molecule has 0 unspecified atom stereocenters. The summed E-state index contributed by atoms with van der Waals surface area (Å²) in [5.74, 6) is -9.09. The predicted octanol–water partition coefficient (Wildman–Crippen LogP) is 1.05. The van der Waals surface area contributed by atoms with E-state index >= 15 is 0 Å². The number of aliphatic hydroxyl groups is 1. The molecule has 0 aliphatic carbocycles. The maximum atomic E-state index is 14.5. The number of rotatable bonds is 32. The number of pyridine rings is 1. The van der Waals surface area contributed by atoms with Crippen molar-refractivity contribution in [2.24, 2.45) is 5.73 Å². The van der Waals surface area contributed by atoms with Gasteiger partial charge in [0.1, 0.15) is 30.2 Å². The average molecular weight is 1090 g/mol. The highest BCUT2D eigenvalue weighted by Crippen LogP contribution is 2.22. The Hall–Kier alpha value is -8.68. The van der Waals surface area contributed by atoms with Crippen molar-refractivity contribution >= 4 is 76.8 Å². The highest BCUT2D eigenvalue weighted by molar-refractivity contribution is 6.00. The number of nitrogens with one attached hydrogen (secondary N) is 8. The Morgan fingerprint density at radius 2 is 1.31 bits per heavy atom. The summed E-state index contributed by atoms with van der Waals surface area (Å²) < 4.78 is 0. The molecule has 0 saturated carbocycles. The molecule has 6 atom stereocenters. The molecule has 78 heavy (non-hydrogen) atoms. The van der Waals surface area contributed by atoms with E-state index in [9.17, 15) is 73.2 Å². The molecular weight excluding hydrogens is 1020 g/mol. The second-order valence-electron chi connectivity index (χ2n) is 18.7. The lowest BCUT2D eigenvalue weighted by atomic mass is 10.0. The topological polar surface area (TPSA) is 407 Å². The summed E-state index contributed by atoms with van der Waals surface area (Å²) in [4.78, 5) is 146. The number of primary amides is 1. The van der Waals surface area contributed by atoms with E-state index in [-0.39, 0.29) is 83.2 Å². The first-order valence-corrected chi connectivity index (χ1v) is 25.5. The molecule has 10 amide bonds. The van der Waals surface area contributed by atoms with Crippen LogP contribution in [0.3, 0.4) is 0 Å². The average Bonchev–Trinajstić information content (AvgIpc) is 3.79. The van der Waals surface area contributed by atoms with Gasteiger partial charge in [-0.05, 0) is 106 Å². The first-order valence-electron chi connectivity index (χ1n) is 25.5. The number of benzene rings is 2. The van der Waals surface area contributed by atoms with E-state index in [1.54, 1.807) is 54.9 Å². The number of anilines is 2. The molecule has 14 N–H and O–H groups in total. The Morgan fingerprint density at radius 1 is 0.667 bits per heavy atom. The number of nitrogens with two attached hydrogens (primary N) is 1. The number of hydrogen-bond donors (Lipinski definition) is 13. The number of β-amino-alcohol motifs (C(OH)–C–C–N with tert-alkyl or cyclic N) is 1. The van der Waals surface area contributed by atoms with Gasteiger partial charge in [0, 0.05) is 62.7 Å². The SMILES string of the molecule is Cc1ccccc1NC(=O)Nc1ccc(CC(=O)N[C@@H](CCCCNC(=O)CCc2cccnc2)C(=O)N[C@@H](CCCC(=O)O)C(=O)N2C[C@H](O)C[C@H]2C(=O)N[C@@H](CCCCNC(N)=O)C(=O)N[C@@H](CC(=O)O)C(=O)O)cc1. The number of carbonyl (C=O) groups is 11. The third kappa shape index (κ3) is 22.3. The van der Waals surface area contributed by atoms with Gasteiger partial charge in [-0.25, -0.2) is 14.4 Å². The molecule has 0 spiro atoms. The fourth-order valence-corrected chi connectivity index (χ4v) is 8.36. The highest BCUT2D eigenvalue weighted by Gasteiger charge is 2.43. The van der Waals surface area contributed by atoms with Crippen LogP contribution in [0, 0.1) is 6.92 Å². The van der Waals surface area contributed by atoms with Crippen LogP contribution in [0.5, 0.6) is 0 Å². The fourth-order valence-electron chi connectivity index (χ4n) is 8.36. The van der Waals surface area contributed by atoms with Gasteiger partial charge in [-0.1, -0.05) is 36.4 Å². The van der Waals surface area contributed by atoms with E-state index in [4.69, 9.17) is 5.73 Å². The van der Waals surface area contributed by atoms with Gasteiger partial charge in [0.2, 0.25) is 35.4 Å². The summed E-state index contributed by atoms with van der Waals surface area (Å²) in [6, 6.07) is 8.18. The fraction of sp³-hybridized carbons (Fsp3) is 0.462. The van der Waals surface area contributed by atoms with Gasteiger partial charge in [0.05, 0.1) is 18.9 Å². The highest BCUT2D eigenvalue weighted by atomic mass is 16.4. The van der Waals surface area contributed by atoms with Gasteiger partial charge < -0.3 is 73.6 Å². The van der Waals surface area contributed by atoms with Crippen LogP contribution in [-0.4, -0.2) is 152 Å². The van der Waals surface area contributed by atoms with Crippen molar-refractivity contribution in [3.05, 3.63) is 89.7 Å². The molecule has 422 valence electrons. The number of nitrogens with zero attached hydrogens (tertiary/aromatic N) is 2. The number of aliphatic hydroxyl groups excluding tert-OH is 1. The number of hydrogen-bond acceptors (Lipinski definition) is 13. The Labute approximate surface area is 449 Å². The van der Waals surface area contributed by atoms with Crippen LogP contribution in [0.1, 0.15) is 93.7 Å². The lowest BCUT2D eigenvalue weighted by Gasteiger charge is -2.30. The van der Waals surface area contributed by atoms with Gasteiger partial charge >= 0.3 is 30.0 Å². The molecule has 1 aliphatic rings. The maximum Gasteiger partial charge on any atom is 0.326 e. The monoisotopic (exact) mass is 1090 g/mol. The van der Waals surface area contributed by atoms with Gasteiger partial charge in [0.25, 0.3) is 0 Å². The van der Waals surface area contributed by atoms with Gasteiger partial charge in [-0.15, -0.1) is 0 Å². The molecule has 0 radical (unpaired) electrons. The van der Waals surface area contributed by atoms with Crippen LogP contribution in [-0.2, 0) is 56.0 Å². The van der Waals surface area contributed by atoms with Crippen molar-refractivity contribution in [2.75, 3.05) is 30.3 Å². The Kier molecular flexibility index (Phi) is 25.4. The molecule has 2 aromatic carbocycles. The van der Waals surface area contributed by atoms with Crippen LogP contribution in [0.25, 0.3) is 0 Å². The molecule has 1 saturated heterocycles. The third-order valence-electron chi connectivity index (χ3n) is 12.4. The maximum absolute atomic E-state index is 14.5. The second kappa shape index (κ2) is 32.0. The normalized spacial score (nSPS) is 15.2. The Morgan fingerprint density at radius 3 is 1.92 bits per heavy atom. The summed E-state index contributed by atoms with van der Waals surface area (Å²) in [6.07, 6.45) is 1.05. The lowest BCUT2D eigenvalue weighted by molar-refractivity contribution is -0.147. The van der Waals surface area contributed by atoms with Crippen LogP contribution in [0.2, 0.25) is 0 Å². The summed E-state index contributed by atoms with van der Waals surface area (Å²) in [5.41, 5.74) is 8.40. The van der Waals surface area contributed by atoms with Crippen molar-refractivity contribution in [3.8, 4) is 0 Å².